The zero-order valence-corrected chi connectivity index (χ0v) is 20.1. The highest BCUT2D eigenvalue weighted by atomic mass is 16.5. The molecule has 1 amide bonds. The van der Waals surface area contributed by atoms with Crippen molar-refractivity contribution in [1.82, 2.24) is 5.32 Å². The number of hydrogen-bond donors (Lipinski definition) is 2. The summed E-state index contributed by atoms with van der Waals surface area (Å²) in [6.45, 7) is 8.84. The maximum atomic E-state index is 12.2. The minimum atomic E-state index is -1.13. The quantitative estimate of drug-likeness (QED) is 0.642. The molecule has 0 bridgehead atoms. The van der Waals surface area contributed by atoms with Crippen molar-refractivity contribution in [3.8, 4) is 0 Å². The molecule has 2 N–H and O–H groups in total. The minimum Gasteiger partial charge on any atom is -0.462 e. The Morgan fingerprint density at radius 1 is 0.906 bits per heavy atom. The van der Waals surface area contributed by atoms with Crippen molar-refractivity contribution in [2.24, 2.45) is 28.6 Å². The van der Waals surface area contributed by atoms with Gasteiger partial charge in [-0.2, -0.15) is 0 Å². The Kier molecular flexibility index (Phi) is 5.88. The maximum absolute atomic E-state index is 12.2. The molecule has 9 atom stereocenters. The van der Waals surface area contributed by atoms with Gasteiger partial charge in [0, 0.05) is 38.0 Å². The van der Waals surface area contributed by atoms with Crippen molar-refractivity contribution < 1.29 is 29.0 Å². The molecule has 4 fully saturated rings. The second-order valence-corrected chi connectivity index (χ2v) is 11.4. The van der Waals surface area contributed by atoms with E-state index in [1.807, 2.05) is 0 Å². The van der Waals surface area contributed by atoms with E-state index in [4.69, 9.17) is 9.47 Å². The van der Waals surface area contributed by atoms with Gasteiger partial charge >= 0.3 is 11.9 Å². The average Bonchev–Trinajstić information content (AvgIpc) is 2.99. The first-order chi connectivity index (χ1) is 14.9. The van der Waals surface area contributed by atoms with Crippen molar-refractivity contribution in [1.29, 1.82) is 0 Å². The molecule has 0 spiro atoms. The highest BCUT2D eigenvalue weighted by molar-refractivity contribution is 5.73. The molecule has 4 aliphatic rings. The van der Waals surface area contributed by atoms with E-state index in [-0.39, 0.29) is 46.9 Å². The summed E-state index contributed by atoms with van der Waals surface area (Å²) in [6.07, 6.45) is 6.00. The number of fused-ring (bicyclic) bond motifs is 5. The van der Waals surface area contributed by atoms with Crippen LogP contribution in [-0.2, 0) is 23.9 Å². The van der Waals surface area contributed by atoms with Gasteiger partial charge in [0.25, 0.3) is 0 Å². The van der Waals surface area contributed by atoms with Crippen molar-refractivity contribution in [2.75, 3.05) is 0 Å². The van der Waals surface area contributed by atoms with E-state index in [0.717, 1.165) is 38.5 Å². The van der Waals surface area contributed by atoms with Crippen molar-refractivity contribution in [2.45, 2.75) is 110 Å². The summed E-state index contributed by atoms with van der Waals surface area (Å²) < 4.78 is 11.3. The SMILES string of the molecule is CC(=O)N[C@@H]1C[C@H]2[C@@H]3CC[C@H](OC(C)=O)[C@@]3(C)CC[C@@H]2[C@@]2(C)CC[C@H](OC(C)=O)C[C@]12O. The Morgan fingerprint density at radius 2 is 1.59 bits per heavy atom. The highest BCUT2D eigenvalue weighted by Crippen LogP contribution is 2.67. The summed E-state index contributed by atoms with van der Waals surface area (Å²) in [5.74, 6) is 0.370. The Labute approximate surface area is 191 Å². The van der Waals surface area contributed by atoms with E-state index < -0.39 is 5.60 Å². The molecule has 4 aliphatic carbocycles. The first-order valence-corrected chi connectivity index (χ1v) is 12.2. The standard InChI is InChI=1S/C25H39NO6/c1-14(27)26-21-12-18-19-6-7-22(32-16(3)29)23(19,4)10-9-20(18)24(5)11-8-17(31-15(2)28)13-25(21,24)30/h17-22,30H,6-13H2,1-5H3,(H,26,27)/t17-,18-,19-,20-,21+,22-,23-,24+,25-/m0/s1. The summed E-state index contributed by atoms with van der Waals surface area (Å²) >= 11 is 0. The molecule has 0 heterocycles. The van der Waals surface area contributed by atoms with Gasteiger partial charge in [-0.05, 0) is 62.7 Å². The first-order valence-electron chi connectivity index (χ1n) is 12.2. The van der Waals surface area contributed by atoms with E-state index in [0.29, 0.717) is 30.6 Å². The zero-order valence-electron chi connectivity index (χ0n) is 20.1. The van der Waals surface area contributed by atoms with E-state index >= 15 is 0 Å². The van der Waals surface area contributed by atoms with Crippen molar-refractivity contribution in [3.05, 3.63) is 0 Å². The van der Waals surface area contributed by atoms with Crippen LogP contribution in [0.15, 0.2) is 0 Å². The molecular weight excluding hydrogens is 410 g/mol. The lowest BCUT2D eigenvalue weighted by Crippen LogP contribution is -2.72. The topological polar surface area (TPSA) is 102 Å². The summed E-state index contributed by atoms with van der Waals surface area (Å²) in [5.41, 5.74) is -1.56. The van der Waals surface area contributed by atoms with Gasteiger partial charge in [0.2, 0.25) is 5.91 Å². The second-order valence-electron chi connectivity index (χ2n) is 11.4. The molecule has 0 aromatic carbocycles. The van der Waals surface area contributed by atoms with Gasteiger partial charge in [-0.15, -0.1) is 0 Å². The molecule has 0 unspecified atom stereocenters. The molecule has 180 valence electrons. The molecule has 7 nitrogen and oxygen atoms in total. The number of aliphatic hydroxyl groups is 1. The van der Waals surface area contributed by atoms with E-state index in [1.165, 1.54) is 20.8 Å². The number of esters is 2. The number of amides is 1. The van der Waals surface area contributed by atoms with Gasteiger partial charge in [0.05, 0.1) is 11.6 Å². The number of rotatable bonds is 3. The lowest BCUT2D eigenvalue weighted by atomic mass is 9.42. The predicted octanol–water partition coefficient (Wildman–Crippen LogP) is 3.12. The Morgan fingerprint density at radius 3 is 2.22 bits per heavy atom. The Bertz CT molecular complexity index is 799. The third-order valence-corrected chi connectivity index (χ3v) is 9.78. The lowest BCUT2D eigenvalue weighted by Gasteiger charge is -2.66. The molecule has 0 aromatic heterocycles. The number of ether oxygens (including phenoxy) is 2. The Balaban J connectivity index is 1.67. The van der Waals surface area contributed by atoms with E-state index in [9.17, 15) is 19.5 Å². The fraction of sp³-hybridized carbons (Fsp3) is 0.880. The largest absolute Gasteiger partial charge is 0.462 e. The van der Waals surface area contributed by atoms with Crippen LogP contribution >= 0.6 is 0 Å². The van der Waals surface area contributed by atoms with Gasteiger partial charge in [-0.3, -0.25) is 14.4 Å². The zero-order chi connectivity index (χ0) is 23.5. The van der Waals surface area contributed by atoms with E-state index in [1.54, 1.807) is 0 Å². The van der Waals surface area contributed by atoms with Crippen LogP contribution in [-0.4, -0.2) is 46.8 Å². The highest BCUT2D eigenvalue weighted by Gasteiger charge is 2.68. The molecule has 32 heavy (non-hydrogen) atoms. The number of carbonyl (C=O) groups is 3. The second kappa shape index (κ2) is 8.00. The van der Waals surface area contributed by atoms with Crippen LogP contribution in [0.1, 0.15) is 86.0 Å². The third-order valence-electron chi connectivity index (χ3n) is 9.78. The number of hydrogen-bond acceptors (Lipinski definition) is 6. The van der Waals surface area contributed by atoms with Gasteiger partial charge in [-0.25, -0.2) is 0 Å². The monoisotopic (exact) mass is 449 g/mol. The lowest BCUT2D eigenvalue weighted by molar-refractivity contribution is -0.237. The molecule has 7 heteroatoms. The summed E-state index contributed by atoms with van der Waals surface area (Å²) in [4.78, 5) is 35.5. The maximum Gasteiger partial charge on any atom is 0.302 e. The predicted molar refractivity (Wildman–Crippen MR) is 117 cm³/mol. The normalized spacial score (nSPS) is 47.4. The van der Waals surface area contributed by atoms with Crippen LogP contribution in [0.3, 0.4) is 0 Å². The fourth-order valence-corrected chi connectivity index (χ4v) is 8.39. The van der Waals surface area contributed by atoms with Crippen LogP contribution in [0.5, 0.6) is 0 Å². The van der Waals surface area contributed by atoms with Crippen LogP contribution in [0.25, 0.3) is 0 Å². The van der Waals surface area contributed by atoms with Crippen molar-refractivity contribution in [3.63, 3.8) is 0 Å². The van der Waals surface area contributed by atoms with Crippen LogP contribution in [0.2, 0.25) is 0 Å². The molecule has 0 aromatic rings. The van der Waals surface area contributed by atoms with Crippen molar-refractivity contribution >= 4 is 17.8 Å². The van der Waals surface area contributed by atoms with Crippen LogP contribution in [0.4, 0.5) is 0 Å². The van der Waals surface area contributed by atoms with Gasteiger partial charge in [0.15, 0.2) is 0 Å². The Hall–Kier alpha value is -1.63. The molecule has 0 radical (unpaired) electrons. The molecule has 0 saturated heterocycles. The fourth-order valence-electron chi connectivity index (χ4n) is 8.39. The minimum absolute atomic E-state index is 0.0570. The molecule has 4 rings (SSSR count). The molecule has 0 aliphatic heterocycles. The summed E-state index contributed by atoms with van der Waals surface area (Å²) in [5, 5.41) is 15.3. The van der Waals surface area contributed by atoms with Gasteiger partial charge in [-0.1, -0.05) is 13.8 Å². The van der Waals surface area contributed by atoms with Gasteiger partial charge in [0.1, 0.15) is 12.2 Å². The summed E-state index contributed by atoms with van der Waals surface area (Å²) in [7, 11) is 0. The van der Waals surface area contributed by atoms with Crippen LogP contribution in [0, 0.1) is 28.6 Å². The molecule has 4 saturated carbocycles. The average molecular weight is 450 g/mol. The van der Waals surface area contributed by atoms with E-state index in [2.05, 4.69) is 19.2 Å². The smallest absolute Gasteiger partial charge is 0.302 e. The number of carbonyl (C=O) groups excluding carboxylic acids is 3. The summed E-state index contributed by atoms with van der Waals surface area (Å²) in [6, 6.07) is -0.389. The van der Waals surface area contributed by atoms with Crippen LogP contribution < -0.4 is 5.32 Å². The van der Waals surface area contributed by atoms with Gasteiger partial charge < -0.3 is 19.9 Å². The number of nitrogens with one attached hydrogen (secondary N) is 1. The third kappa shape index (κ3) is 3.55. The molecular formula is C25H39NO6. The first kappa shape index (κ1) is 23.5.